The molecule has 0 aliphatic heterocycles. The summed E-state index contributed by atoms with van der Waals surface area (Å²) in [5.41, 5.74) is 0.986. The molecule has 2 aromatic rings. The minimum absolute atomic E-state index is 0.593. The summed E-state index contributed by atoms with van der Waals surface area (Å²) >= 11 is 7.18. The highest BCUT2D eigenvalue weighted by Gasteiger charge is 2.07. The zero-order valence-electron chi connectivity index (χ0n) is 7.44. The molecule has 0 amide bonds. The summed E-state index contributed by atoms with van der Waals surface area (Å²) in [4.78, 5) is 0. The molecular weight excluding hydrogens is 220 g/mol. The second kappa shape index (κ2) is 4.57. The minimum atomic E-state index is 0.593. The lowest BCUT2D eigenvalue weighted by Gasteiger charge is -1.89. The lowest BCUT2D eigenvalue weighted by Crippen LogP contribution is -1.85. The second-order valence-electron chi connectivity index (χ2n) is 2.81. The van der Waals surface area contributed by atoms with Gasteiger partial charge in [-0.25, -0.2) is 0 Å². The molecule has 0 N–H and O–H groups in total. The van der Waals surface area contributed by atoms with Crippen molar-refractivity contribution in [3.8, 4) is 11.5 Å². The number of hydrogen-bond acceptors (Lipinski definition) is 4. The van der Waals surface area contributed by atoms with E-state index >= 15 is 0 Å². The van der Waals surface area contributed by atoms with E-state index in [1.807, 2.05) is 16.8 Å². The third kappa shape index (κ3) is 2.13. The fourth-order valence-corrected chi connectivity index (χ4v) is 1.84. The highest BCUT2D eigenvalue weighted by molar-refractivity contribution is 7.08. The van der Waals surface area contributed by atoms with E-state index in [9.17, 15) is 0 Å². The van der Waals surface area contributed by atoms with E-state index in [1.54, 1.807) is 11.3 Å². The molecule has 5 heteroatoms. The van der Waals surface area contributed by atoms with Gasteiger partial charge in [-0.15, -0.1) is 21.8 Å². The molecule has 14 heavy (non-hydrogen) atoms. The van der Waals surface area contributed by atoms with Crippen LogP contribution in [-0.4, -0.2) is 16.1 Å². The Morgan fingerprint density at radius 2 is 2.36 bits per heavy atom. The summed E-state index contributed by atoms with van der Waals surface area (Å²) in [6.45, 7) is 0. The Bertz CT molecular complexity index is 385. The molecule has 0 atom stereocenters. The Kier molecular flexibility index (Phi) is 3.16. The normalized spacial score (nSPS) is 10.6. The number of aromatic nitrogens is 2. The molecule has 2 rings (SSSR count). The van der Waals surface area contributed by atoms with E-state index in [1.165, 1.54) is 0 Å². The molecular formula is C9H9ClN2OS. The van der Waals surface area contributed by atoms with Crippen LogP contribution in [-0.2, 0) is 6.42 Å². The predicted octanol–water partition coefficient (Wildman–Crippen LogP) is 2.97. The van der Waals surface area contributed by atoms with Crippen LogP contribution >= 0.6 is 22.9 Å². The van der Waals surface area contributed by atoms with Crippen LogP contribution in [0.15, 0.2) is 21.2 Å². The van der Waals surface area contributed by atoms with Gasteiger partial charge in [-0.2, -0.15) is 11.3 Å². The summed E-state index contributed by atoms with van der Waals surface area (Å²) in [6, 6.07) is 1.96. The van der Waals surface area contributed by atoms with E-state index < -0.39 is 0 Å². The Balaban J connectivity index is 2.10. The largest absolute Gasteiger partial charge is 0.421 e. The van der Waals surface area contributed by atoms with Crippen molar-refractivity contribution in [1.29, 1.82) is 0 Å². The fraction of sp³-hybridized carbons (Fsp3) is 0.333. The number of alkyl halides is 1. The predicted molar refractivity (Wildman–Crippen MR) is 56.7 cm³/mol. The third-order valence-electron chi connectivity index (χ3n) is 1.76. The van der Waals surface area contributed by atoms with Gasteiger partial charge in [0.2, 0.25) is 11.8 Å². The molecule has 0 saturated carbocycles. The van der Waals surface area contributed by atoms with Gasteiger partial charge in [0, 0.05) is 23.2 Å². The third-order valence-corrected chi connectivity index (χ3v) is 2.71. The number of hydrogen-bond donors (Lipinski definition) is 0. The van der Waals surface area contributed by atoms with Gasteiger partial charge in [-0.1, -0.05) is 0 Å². The highest BCUT2D eigenvalue weighted by atomic mass is 35.5. The van der Waals surface area contributed by atoms with Crippen LogP contribution in [0.4, 0.5) is 0 Å². The monoisotopic (exact) mass is 228 g/mol. The average molecular weight is 229 g/mol. The minimum Gasteiger partial charge on any atom is -0.421 e. The molecule has 74 valence electrons. The van der Waals surface area contributed by atoms with Crippen LogP contribution in [0.5, 0.6) is 0 Å². The van der Waals surface area contributed by atoms with Gasteiger partial charge < -0.3 is 4.42 Å². The topological polar surface area (TPSA) is 38.9 Å². The zero-order chi connectivity index (χ0) is 9.80. The van der Waals surface area contributed by atoms with Crippen LogP contribution in [0.3, 0.4) is 0 Å². The SMILES string of the molecule is ClCCCc1nnc(-c2ccsc2)o1. The first-order valence-corrected chi connectivity index (χ1v) is 5.79. The maximum atomic E-state index is 5.57. The summed E-state index contributed by atoms with van der Waals surface area (Å²) in [5.74, 6) is 1.87. The first-order valence-electron chi connectivity index (χ1n) is 4.31. The molecule has 0 aliphatic carbocycles. The molecule has 0 aromatic carbocycles. The van der Waals surface area contributed by atoms with Crippen molar-refractivity contribution >= 4 is 22.9 Å². The Morgan fingerprint density at radius 3 is 3.07 bits per heavy atom. The van der Waals surface area contributed by atoms with E-state index in [0.717, 1.165) is 18.4 Å². The summed E-state index contributed by atoms with van der Waals surface area (Å²) < 4.78 is 5.46. The first kappa shape index (κ1) is 9.68. The van der Waals surface area contributed by atoms with Crippen LogP contribution in [0.25, 0.3) is 11.5 Å². The van der Waals surface area contributed by atoms with E-state index in [0.29, 0.717) is 17.7 Å². The van der Waals surface area contributed by atoms with E-state index in [2.05, 4.69) is 10.2 Å². The quantitative estimate of drug-likeness (QED) is 0.756. The van der Waals surface area contributed by atoms with Gasteiger partial charge in [0.25, 0.3) is 0 Å². The Morgan fingerprint density at radius 1 is 1.43 bits per heavy atom. The van der Waals surface area contributed by atoms with Crippen LogP contribution in [0.1, 0.15) is 12.3 Å². The summed E-state index contributed by atoms with van der Waals surface area (Å²) in [6.07, 6.45) is 1.62. The fourth-order valence-electron chi connectivity index (χ4n) is 1.08. The Labute approximate surface area is 90.7 Å². The molecule has 0 bridgehead atoms. The molecule has 0 aliphatic rings. The van der Waals surface area contributed by atoms with E-state index in [-0.39, 0.29) is 0 Å². The van der Waals surface area contributed by atoms with Gasteiger partial charge in [-0.3, -0.25) is 0 Å². The number of halogens is 1. The number of thiophene rings is 1. The smallest absolute Gasteiger partial charge is 0.248 e. The van der Waals surface area contributed by atoms with Crippen molar-refractivity contribution < 1.29 is 4.42 Å². The van der Waals surface area contributed by atoms with Crippen molar-refractivity contribution in [2.45, 2.75) is 12.8 Å². The summed E-state index contributed by atoms with van der Waals surface area (Å²) in [7, 11) is 0. The number of nitrogens with zero attached hydrogens (tertiary/aromatic N) is 2. The van der Waals surface area contributed by atoms with E-state index in [4.69, 9.17) is 16.0 Å². The van der Waals surface area contributed by atoms with Crippen molar-refractivity contribution in [3.05, 3.63) is 22.7 Å². The van der Waals surface area contributed by atoms with Crippen molar-refractivity contribution in [2.24, 2.45) is 0 Å². The molecule has 0 saturated heterocycles. The highest BCUT2D eigenvalue weighted by Crippen LogP contribution is 2.20. The average Bonchev–Trinajstić information content (AvgIpc) is 2.85. The molecule has 0 unspecified atom stereocenters. The lowest BCUT2D eigenvalue weighted by molar-refractivity contribution is 0.503. The van der Waals surface area contributed by atoms with Crippen LogP contribution in [0, 0.1) is 0 Å². The number of rotatable bonds is 4. The van der Waals surface area contributed by atoms with Crippen molar-refractivity contribution in [2.75, 3.05) is 5.88 Å². The maximum Gasteiger partial charge on any atom is 0.248 e. The Hall–Kier alpha value is -0.870. The van der Waals surface area contributed by atoms with Gasteiger partial charge in [0.15, 0.2) is 0 Å². The molecule has 2 heterocycles. The van der Waals surface area contributed by atoms with Crippen molar-refractivity contribution in [1.82, 2.24) is 10.2 Å². The maximum absolute atomic E-state index is 5.57. The molecule has 0 radical (unpaired) electrons. The van der Waals surface area contributed by atoms with Gasteiger partial charge in [0.1, 0.15) is 0 Å². The standard InChI is InChI=1S/C9H9ClN2OS/c10-4-1-2-8-11-12-9(13-8)7-3-5-14-6-7/h3,5-6H,1-2,4H2. The molecule has 0 fully saturated rings. The van der Waals surface area contributed by atoms with Gasteiger partial charge in [-0.05, 0) is 17.9 Å². The van der Waals surface area contributed by atoms with Crippen LogP contribution < -0.4 is 0 Å². The number of aryl methyl sites for hydroxylation is 1. The van der Waals surface area contributed by atoms with Crippen molar-refractivity contribution in [3.63, 3.8) is 0 Å². The molecule has 0 spiro atoms. The second-order valence-corrected chi connectivity index (χ2v) is 3.96. The summed E-state index contributed by atoms with van der Waals surface area (Å²) in [5, 5.41) is 11.9. The van der Waals surface area contributed by atoms with Crippen LogP contribution in [0.2, 0.25) is 0 Å². The van der Waals surface area contributed by atoms with Gasteiger partial charge in [0.05, 0.1) is 0 Å². The first-order chi connectivity index (χ1) is 6.90. The molecule has 2 aromatic heterocycles. The molecule has 3 nitrogen and oxygen atoms in total. The zero-order valence-corrected chi connectivity index (χ0v) is 9.01. The van der Waals surface area contributed by atoms with Gasteiger partial charge >= 0.3 is 0 Å². The lowest BCUT2D eigenvalue weighted by atomic mass is 10.3.